The second-order valence-corrected chi connectivity index (χ2v) is 7.48. The minimum Gasteiger partial charge on any atom is -0.367 e. The van der Waals surface area contributed by atoms with Gasteiger partial charge < -0.3 is 5.32 Å². The molecule has 0 aliphatic carbocycles. The molecule has 7 nitrogen and oxygen atoms in total. The van der Waals surface area contributed by atoms with Gasteiger partial charge in [-0.05, 0) is 13.8 Å². The smallest absolute Gasteiger partial charge is 0.239 e. The number of hydrogen-bond donors (Lipinski definition) is 3. The van der Waals surface area contributed by atoms with Gasteiger partial charge in [-0.25, -0.2) is 19.2 Å². The Morgan fingerprint density at radius 3 is 2.61 bits per heavy atom. The molecular weight excluding hydrogens is 278 g/mol. The number of rotatable bonds is 5. The molecule has 0 amide bonds. The first-order chi connectivity index (χ1) is 8.17. The molecule has 18 heavy (non-hydrogen) atoms. The van der Waals surface area contributed by atoms with Gasteiger partial charge in [0.15, 0.2) is 15.7 Å². The molecule has 0 aliphatic rings. The molecule has 0 aromatic carbocycles. The van der Waals surface area contributed by atoms with Crippen molar-refractivity contribution >= 4 is 33.2 Å². The van der Waals surface area contributed by atoms with Crippen LogP contribution in [0.3, 0.4) is 0 Å². The van der Waals surface area contributed by atoms with Crippen LogP contribution < -0.4 is 16.6 Å². The predicted molar refractivity (Wildman–Crippen MR) is 72.3 cm³/mol. The van der Waals surface area contributed by atoms with Gasteiger partial charge in [-0.1, -0.05) is 11.6 Å². The number of nitrogens with two attached hydrogens (primary N) is 1. The molecule has 102 valence electrons. The van der Waals surface area contributed by atoms with Crippen molar-refractivity contribution in [1.29, 1.82) is 0 Å². The standard InChI is InChI=1S/C9H16ClN5O2S/c1-9(2,18(3,16)17)5-13-7-6(10)4-12-8(14-7)15-11/h4H,5,11H2,1-3H3,(H2,12,13,14,15). The third-order valence-electron chi connectivity index (χ3n) is 2.56. The summed E-state index contributed by atoms with van der Waals surface area (Å²) >= 11 is 5.89. The number of anilines is 2. The van der Waals surface area contributed by atoms with Gasteiger partial charge in [-0.3, -0.25) is 5.43 Å². The first-order valence-electron chi connectivity index (χ1n) is 5.10. The Morgan fingerprint density at radius 1 is 1.50 bits per heavy atom. The molecule has 0 aliphatic heterocycles. The molecule has 0 atom stereocenters. The van der Waals surface area contributed by atoms with Crippen LogP contribution in [0.4, 0.5) is 11.8 Å². The van der Waals surface area contributed by atoms with E-state index in [4.69, 9.17) is 17.4 Å². The molecule has 1 aromatic heterocycles. The maximum Gasteiger partial charge on any atom is 0.239 e. The predicted octanol–water partition coefficient (Wildman–Crippen LogP) is 0.651. The zero-order valence-electron chi connectivity index (χ0n) is 10.4. The maximum absolute atomic E-state index is 11.5. The van der Waals surface area contributed by atoms with Crippen LogP contribution in [0.15, 0.2) is 6.20 Å². The fraction of sp³-hybridized carbons (Fsp3) is 0.556. The highest BCUT2D eigenvalue weighted by Gasteiger charge is 2.30. The molecule has 0 spiro atoms. The van der Waals surface area contributed by atoms with Crippen molar-refractivity contribution in [3.8, 4) is 0 Å². The fourth-order valence-corrected chi connectivity index (χ4v) is 1.48. The Kier molecular flexibility index (Phi) is 4.36. The first-order valence-corrected chi connectivity index (χ1v) is 7.37. The van der Waals surface area contributed by atoms with Crippen LogP contribution >= 0.6 is 11.6 Å². The van der Waals surface area contributed by atoms with Gasteiger partial charge in [0.1, 0.15) is 5.02 Å². The van der Waals surface area contributed by atoms with Crippen molar-refractivity contribution < 1.29 is 8.42 Å². The summed E-state index contributed by atoms with van der Waals surface area (Å²) in [5.74, 6) is 5.70. The van der Waals surface area contributed by atoms with Crippen LogP contribution in [0.1, 0.15) is 13.8 Å². The van der Waals surface area contributed by atoms with E-state index >= 15 is 0 Å². The van der Waals surface area contributed by atoms with Gasteiger partial charge in [0.25, 0.3) is 0 Å². The van der Waals surface area contributed by atoms with Crippen molar-refractivity contribution in [3.05, 3.63) is 11.2 Å². The average molecular weight is 294 g/mol. The summed E-state index contributed by atoms with van der Waals surface area (Å²) < 4.78 is 22.2. The summed E-state index contributed by atoms with van der Waals surface area (Å²) in [5.41, 5.74) is 2.28. The minimum atomic E-state index is -3.19. The summed E-state index contributed by atoms with van der Waals surface area (Å²) in [6, 6.07) is 0. The van der Waals surface area contributed by atoms with Crippen molar-refractivity contribution in [2.75, 3.05) is 23.5 Å². The molecular formula is C9H16ClN5O2S. The Balaban J connectivity index is 2.87. The van der Waals surface area contributed by atoms with E-state index in [1.54, 1.807) is 13.8 Å². The SMILES string of the molecule is CC(C)(CNc1nc(NN)ncc1Cl)S(C)(=O)=O. The third-order valence-corrected chi connectivity index (χ3v) is 4.99. The number of nitrogens with one attached hydrogen (secondary N) is 2. The summed E-state index contributed by atoms with van der Waals surface area (Å²) in [6.45, 7) is 3.41. The fourth-order valence-electron chi connectivity index (χ4n) is 0.988. The van der Waals surface area contributed by atoms with Crippen molar-refractivity contribution in [3.63, 3.8) is 0 Å². The second-order valence-electron chi connectivity index (χ2n) is 4.42. The lowest BCUT2D eigenvalue weighted by Crippen LogP contribution is -2.38. The van der Waals surface area contributed by atoms with E-state index < -0.39 is 14.6 Å². The molecule has 1 rings (SSSR count). The molecule has 0 saturated heterocycles. The summed E-state index contributed by atoms with van der Waals surface area (Å²) in [5, 5.41) is 3.17. The van der Waals surface area contributed by atoms with Crippen molar-refractivity contribution in [2.24, 2.45) is 5.84 Å². The Hall–Kier alpha value is -1.12. The largest absolute Gasteiger partial charge is 0.367 e. The van der Waals surface area contributed by atoms with Crippen LogP contribution in [0.25, 0.3) is 0 Å². The highest BCUT2D eigenvalue weighted by Crippen LogP contribution is 2.21. The molecule has 4 N–H and O–H groups in total. The van der Waals surface area contributed by atoms with E-state index in [0.717, 1.165) is 0 Å². The van der Waals surface area contributed by atoms with Crippen LogP contribution in [0.5, 0.6) is 0 Å². The molecule has 0 saturated carbocycles. The van der Waals surface area contributed by atoms with Crippen LogP contribution in [0, 0.1) is 0 Å². The summed E-state index contributed by atoms with van der Waals surface area (Å²) in [7, 11) is -3.19. The molecule has 0 radical (unpaired) electrons. The number of aromatic nitrogens is 2. The van der Waals surface area contributed by atoms with Gasteiger partial charge in [-0.2, -0.15) is 4.98 Å². The lowest BCUT2D eigenvalue weighted by molar-refractivity contribution is 0.559. The number of nitrogen functional groups attached to an aromatic ring is 1. The van der Waals surface area contributed by atoms with Crippen molar-refractivity contribution in [1.82, 2.24) is 9.97 Å². The quantitative estimate of drug-likeness (QED) is 0.540. The van der Waals surface area contributed by atoms with E-state index in [-0.39, 0.29) is 12.5 Å². The average Bonchev–Trinajstić information content (AvgIpc) is 2.26. The minimum absolute atomic E-state index is 0.173. The molecule has 0 unspecified atom stereocenters. The monoisotopic (exact) mass is 293 g/mol. The van der Waals surface area contributed by atoms with Gasteiger partial charge in [0, 0.05) is 12.8 Å². The van der Waals surface area contributed by atoms with Crippen molar-refractivity contribution in [2.45, 2.75) is 18.6 Å². The Morgan fingerprint density at radius 2 is 2.11 bits per heavy atom. The third kappa shape index (κ3) is 3.44. The number of hydrogen-bond acceptors (Lipinski definition) is 7. The summed E-state index contributed by atoms with van der Waals surface area (Å²) in [4.78, 5) is 7.80. The normalized spacial score (nSPS) is 12.3. The van der Waals surface area contributed by atoms with Crippen LogP contribution in [0.2, 0.25) is 5.02 Å². The molecule has 9 heteroatoms. The Bertz CT molecular complexity index is 532. The zero-order valence-corrected chi connectivity index (χ0v) is 11.9. The summed E-state index contributed by atoms with van der Waals surface area (Å²) in [6.07, 6.45) is 2.56. The highest BCUT2D eigenvalue weighted by atomic mass is 35.5. The highest BCUT2D eigenvalue weighted by molar-refractivity contribution is 7.92. The van der Waals surface area contributed by atoms with E-state index in [0.29, 0.717) is 10.8 Å². The number of hydrazine groups is 1. The van der Waals surface area contributed by atoms with Gasteiger partial charge in [0.2, 0.25) is 5.95 Å². The number of halogens is 1. The van der Waals surface area contributed by atoms with E-state index in [1.807, 2.05) is 0 Å². The van der Waals surface area contributed by atoms with Gasteiger partial charge in [0.05, 0.1) is 10.9 Å². The Labute approximate surface area is 111 Å². The number of sulfone groups is 1. The van der Waals surface area contributed by atoms with E-state index in [9.17, 15) is 8.42 Å². The first kappa shape index (κ1) is 14.9. The van der Waals surface area contributed by atoms with Gasteiger partial charge in [-0.15, -0.1) is 0 Å². The van der Waals surface area contributed by atoms with Crippen LogP contribution in [-0.2, 0) is 9.84 Å². The van der Waals surface area contributed by atoms with E-state index in [1.165, 1.54) is 12.5 Å². The molecule has 0 fully saturated rings. The lowest BCUT2D eigenvalue weighted by Gasteiger charge is -2.23. The van der Waals surface area contributed by atoms with Crippen LogP contribution in [-0.4, -0.2) is 35.9 Å². The molecule has 1 aromatic rings. The zero-order chi connectivity index (χ0) is 14.0. The lowest BCUT2D eigenvalue weighted by atomic mass is 10.2. The topological polar surface area (TPSA) is 110 Å². The molecule has 0 bridgehead atoms. The second kappa shape index (κ2) is 5.25. The maximum atomic E-state index is 11.5. The van der Waals surface area contributed by atoms with Gasteiger partial charge >= 0.3 is 0 Å². The molecule has 1 heterocycles. The van der Waals surface area contributed by atoms with E-state index in [2.05, 4.69) is 20.7 Å². The number of nitrogens with zero attached hydrogens (tertiary/aromatic N) is 2.